The fourth-order valence-corrected chi connectivity index (χ4v) is 4.81. The Balaban J connectivity index is 1.43. The Morgan fingerprint density at radius 2 is 2.08 bits per heavy atom. The number of thiazole rings is 1. The van der Waals surface area contributed by atoms with Crippen LogP contribution in [0.1, 0.15) is 24.1 Å². The number of likely N-dealkylation sites (tertiary alicyclic amines) is 1. The molecule has 2 aromatic rings. The van der Waals surface area contributed by atoms with E-state index in [0.717, 1.165) is 47.3 Å². The van der Waals surface area contributed by atoms with E-state index >= 15 is 0 Å². The summed E-state index contributed by atoms with van der Waals surface area (Å²) in [5.74, 6) is 1.91. The van der Waals surface area contributed by atoms with Gasteiger partial charge in [0.2, 0.25) is 5.91 Å². The minimum atomic E-state index is 0.125. The molecule has 1 fully saturated rings. The highest BCUT2D eigenvalue weighted by Gasteiger charge is 2.21. The summed E-state index contributed by atoms with van der Waals surface area (Å²) in [4.78, 5) is 18.8. The first kappa shape index (κ1) is 17.2. The van der Waals surface area contributed by atoms with Crippen LogP contribution in [0.4, 0.5) is 0 Å². The quantitative estimate of drug-likeness (QED) is 0.583. The van der Waals surface area contributed by atoms with Gasteiger partial charge in [-0.1, -0.05) is 42.1 Å². The van der Waals surface area contributed by atoms with Crippen LogP contribution < -0.4 is 0 Å². The monoisotopic (exact) mass is 358 g/mol. The molecule has 0 bridgehead atoms. The summed E-state index contributed by atoms with van der Waals surface area (Å²) in [6.45, 7) is 3.76. The van der Waals surface area contributed by atoms with Gasteiger partial charge in [0.25, 0.3) is 0 Å². The van der Waals surface area contributed by atoms with Gasteiger partial charge in [-0.05, 0) is 37.3 Å². The lowest BCUT2D eigenvalue weighted by Crippen LogP contribution is -2.38. The molecule has 1 saturated heterocycles. The molecule has 0 spiro atoms. The largest absolute Gasteiger partial charge is 0.339 e. The molecular formula is C19H22N2OS2. The van der Waals surface area contributed by atoms with Crippen LogP contribution in [0, 0.1) is 12.8 Å². The summed E-state index contributed by atoms with van der Waals surface area (Å²) in [5.41, 5.74) is 2.17. The first-order chi connectivity index (χ1) is 11.7. The van der Waals surface area contributed by atoms with E-state index in [2.05, 4.69) is 10.4 Å². The summed E-state index contributed by atoms with van der Waals surface area (Å²) in [6, 6.07) is 9.96. The summed E-state index contributed by atoms with van der Waals surface area (Å²) in [6.07, 6.45) is 5.77. The molecule has 1 aromatic carbocycles. The molecule has 0 aliphatic carbocycles. The van der Waals surface area contributed by atoms with E-state index in [1.165, 1.54) is 0 Å². The van der Waals surface area contributed by atoms with Crippen molar-refractivity contribution < 1.29 is 4.79 Å². The molecule has 1 aliphatic heterocycles. The van der Waals surface area contributed by atoms with Gasteiger partial charge in [-0.2, -0.15) is 0 Å². The number of aromatic nitrogens is 1. The maximum atomic E-state index is 12.3. The second kappa shape index (κ2) is 8.49. The number of carbonyl (C=O) groups is 1. The molecule has 3 nitrogen and oxygen atoms in total. The number of aryl methyl sites for hydroxylation is 1. The molecule has 3 rings (SSSR count). The summed E-state index contributed by atoms with van der Waals surface area (Å²) in [7, 11) is 0. The van der Waals surface area contributed by atoms with Crippen LogP contribution in [-0.2, 0) is 4.79 Å². The highest BCUT2D eigenvalue weighted by molar-refractivity contribution is 8.01. The van der Waals surface area contributed by atoms with E-state index in [9.17, 15) is 4.79 Å². The van der Waals surface area contributed by atoms with Crippen LogP contribution in [0.5, 0.6) is 0 Å². The fraction of sp³-hybridized carbons (Fsp3) is 0.368. The topological polar surface area (TPSA) is 33.2 Å². The zero-order valence-electron chi connectivity index (χ0n) is 13.9. The fourth-order valence-electron chi connectivity index (χ4n) is 2.74. The van der Waals surface area contributed by atoms with Gasteiger partial charge in [-0.25, -0.2) is 4.98 Å². The van der Waals surface area contributed by atoms with Crippen molar-refractivity contribution in [1.82, 2.24) is 9.88 Å². The Kier molecular flexibility index (Phi) is 6.10. The van der Waals surface area contributed by atoms with E-state index in [0.29, 0.717) is 5.92 Å². The lowest BCUT2D eigenvalue weighted by atomic mass is 9.99. The Hall–Kier alpha value is -1.59. The van der Waals surface area contributed by atoms with Crippen molar-refractivity contribution in [3.63, 3.8) is 0 Å². The Morgan fingerprint density at radius 1 is 1.33 bits per heavy atom. The van der Waals surface area contributed by atoms with Gasteiger partial charge in [0.15, 0.2) is 0 Å². The predicted octanol–water partition coefficient (Wildman–Crippen LogP) is 4.50. The molecule has 0 atom stereocenters. The normalized spacial score (nSPS) is 16.0. The maximum absolute atomic E-state index is 12.3. The van der Waals surface area contributed by atoms with Crippen LogP contribution in [0.2, 0.25) is 0 Å². The number of piperidine rings is 1. The van der Waals surface area contributed by atoms with Crippen LogP contribution >= 0.6 is 23.1 Å². The van der Waals surface area contributed by atoms with E-state index in [-0.39, 0.29) is 5.91 Å². The van der Waals surface area contributed by atoms with Crippen molar-refractivity contribution in [3.8, 4) is 0 Å². The zero-order valence-corrected chi connectivity index (χ0v) is 15.5. The number of hydrogen-bond acceptors (Lipinski definition) is 4. The minimum Gasteiger partial charge on any atom is -0.339 e. The lowest BCUT2D eigenvalue weighted by molar-refractivity contribution is -0.127. The standard InChI is InChI=1S/C19H22N2OS2/c1-15-13-23-19(20-15)24-14-17-9-11-21(12-10-17)18(22)8-7-16-5-3-2-4-6-16/h2-8,13,17H,9-12,14H2,1H3. The predicted molar refractivity (Wildman–Crippen MR) is 102 cm³/mol. The minimum absolute atomic E-state index is 0.125. The maximum Gasteiger partial charge on any atom is 0.246 e. The van der Waals surface area contributed by atoms with Crippen molar-refractivity contribution >= 4 is 35.1 Å². The SMILES string of the molecule is Cc1csc(SCC2CCN(C(=O)C=Cc3ccccc3)CC2)n1. The third-order valence-electron chi connectivity index (χ3n) is 4.18. The van der Waals surface area contributed by atoms with E-state index in [1.54, 1.807) is 17.4 Å². The van der Waals surface area contributed by atoms with Crippen molar-refractivity contribution in [1.29, 1.82) is 0 Å². The number of nitrogens with zero attached hydrogens (tertiary/aromatic N) is 2. The lowest BCUT2D eigenvalue weighted by Gasteiger charge is -2.31. The van der Waals surface area contributed by atoms with E-state index < -0.39 is 0 Å². The highest BCUT2D eigenvalue weighted by atomic mass is 32.2. The molecule has 0 N–H and O–H groups in total. The smallest absolute Gasteiger partial charge is 0.246 e. The molecule has 0 unspecified atom stereocenters. The first-order valence-electron chi connectivity index (χ1n) is 8.27. The Labute approximate surface area is 151 Å². The third kappa shape index (κ3) is 4.95. The Morgan fingerprint density at radius 3 is 2.75 bits per heavy atom. The molecule has 24 heavy (non-hydrogen) atoms. The number of amides is 1. The molecule has 0 radical (unpaired) electrons. The van der Waals surface area contributed by atoms with Crippen molar-refractivity contribution in [3.05, 3.63) is 53.0 Å². The van der Waals surface area contributed by atoms with Gasteiger partial charge in [0, 0.05) is 36.0 Å². The second-order valence-corrected chi connectivity index (χ2v) is 8.20. The van der Waals surface area contributed by atoms with Gasteiger partial charge in [-0.3, -0.25) is 4.79 Å². The van der Waals surface area contributed by atoms with Gasteiger partial charge < -0.3 is 4.90 Å². The molecule has 1 aromatic heterocycles. The van der Waals surface area contributed by atoms with E-state index in [4.69, 9.17) is 0 Å². The summed E-state index contributed by atoms with van der Waals surface area (Å²) in [5, 5.41) is 2.10. The van der Waals surface area contributed by atoms with E-state index in [1.807, 2.05) is 60.0 Å². The average Bonchev–Trinajstić information content (AvgIpc) is 3.04. The van der Waals surface area contributed by atoms with Gasteiger partial charge >= 0.3 is 0 Å². The number of benzene rings is 1. The average molecular weight is 359 g/mol. The second-order valence-electron chi connectivity index (χ2n) is 6.08. The number of carbonyl (C=O) groups excluding carboxylic acids is 1. The van der Waals surface area contributed by atoms with Gasteiger partial charge in [0.05, 0.1) is 0 Å². The summed E-state index contributed by atoms with van der Waals surface area (Å²) < 4.78 is 1.16. The molecule has 2 heterocycles. The van der Waals surface area contributed by atoms with Crippen LogP contribution in [-0.4, -0.2) is 34.6 Å². The van der Waals surface area contributed by atoms with Crippen LogP contribution in [0.3, 0.4) is 0 Å². The molecule has 1 aliphatic rings. The van der Waals surface area contributed by atoms with Crippen LogP contribution in [0.15, 0.2) is 46.1 Å². The number of hydrogen-bond donors (Lipinski definition) is 0. The first-order valence-corrected chi connectivity index (χ1v) is 10.1. The number of thioether (sulfide) groups is 1. The van der Waals surface area contributed by atoms with Crippen molar-refractivity contribution in [2.24, 2.45) is 5.92 Å². The van der Waals surface area contributed by atoms with Crippen molar-refractivity contribution in [2.45, 2.75) is 24.1 Å². The zero-order chi connectivity index (χ0) is 16.8. The van der Waals surface area contributed by atoms with Crippen molar-refractivity contribution in [2.75, 3.05) is 18.8 Å². The third-order valence-corrected chi connectivity index (χ3v) is 6.56. The molecular weight excluding hydrogens is 336 g/mol. The molecule has 0 saturated carbocycles. The molecule has 1 amide bonds. The Bertz CT molecular complexity index is 688. The highest BCUT2D eigenvalue weighted by Crippen LogP contribution is 2.28. The number of rotatable bonds is 5. The van der Waals surface area contributed by atoms with Gasteiger partial charge in [0.1, 0.15) is 4.34 Å². The molecule has 126 valence electrons. The summed E-state index contributed by atoms with van der Waals surface area (Å²) >= 11 is 3.58. The van der Waals surface area contributed by atoms with Crippen LogP contribution in [0.25, 0.3) is 6.08 Å². The molecule has 5 heteroatoms. The van der Waals surface area contributed by atoms with Gasteiger partial charge in [-0.15, -0.1) is 11.3 Å².